The number of alkyl carbamates (subject to hydrolysis) is 1. The first kappa shape index (κ1) is 32.1. The van der Waals surface area contributed by atoms with Crippen LogP contribution in [0.2, 0.25) is 0 Å². The van der Waals surface area contributed by atoms with E-state index < -0.39 is 46.4 Å². The van der Waals surface area contributed by atoms with Gasteiger partial charge in [0, 0.05) is 51.3 Å². The van der Waals surface area contributed by atoms with Crippen LogP contribution in [0.15, 0.2) is 36.4 Å². The van der Waals surface area contributed by atoms with E-state index in [1.807, 2.05) is 0 Å². The molecular weight excluding hydrogens is 607 g/mol. The number of imide groups is 1. The molecule has 0 aliphatic carbocycles. The average molecular weight is 641 g/mol. The number of fused-ring (bicyclic) bond motifs is 1. The van der Waals surface area contributed by atoms with Gasteiger partial charge in [0.1, 0.15) is 17.5 Å². The number of halogens is 1. The van der Waals surface area contributed by atoms with Gasteiger partial charge in [-0.25, -0.2) is 14.0 Å². The van der Waals surface area contributed by atoms with Gasteiger partial charge in [0.25, 0.3) is 17.5 Å². The first-order valence-corrected chi connectivity index (χ1v) is 14.6. The molecule has 3 aliphatic rings. The first-order chi connectivity index (χ1) is 21.7. The molecular formula is C30H33FN6O9. The zero-order chi connectivity index (χ0) is 33.3. The van der Waals surface area contributed by atoms with Crippen LogP contribution in [0, 0.1) is 15.9 Å². The molecule has 2 aromatic rings. The normalized spacial score (nSPS) is 18.1. The van der Waals surface area contributed by atoms with Crippen LogP contribution in [0.1, 0.15) is 47.9 Å². The monoisotopic (exact) mass is 640 g/mol. The molecule has 2 aromatic carbocycles. The van der Waals surface area contributed by atoms with Gasteiger partial charge in [-0.1, -0.05) is 0 Å². The number of cyclic esters (lactones) is 1. The van der Waals surface area contributed by atoms with Crippen molar-refractivity contribution in [3.05, 3.63) is 63.5 Å². The van der Waals surface area contributed by atoms with Crippen LogP contribution in [0.5, 0.6) is 0 Å². The molecule has 0 saturated carbocycles. The fourth-order valence-corrected chi connectivity index (χ4v) is 5.43. The smallest absolute Gasteiger partial charge is 0.414 e. The summed E-state index contributed by atoms with van der Waals surface area (Å²) in [7, 11) is 0. The summed E-state index contributed by atoms with van der Waals surface area (Å²) < 4.78 is 25.7. The summed E-state index contributed by atoms with van der Waals surface area (Å²) in [5, 5.41) is 13.6. The Morgan fingerprint density at radius 3 is 2.39 bits per heavy atom. The third kappa shape index (κ3) is 6.84. The highest BCUT2D eigenvalue weighted by Crippen LogP contribution is 2.30. The van der Waals surface area contributed by atoms with E-state index in [2.05, 4.69) is 5.32 Å². The van der Waals surface area contributed by atoms with Gasteiger partial charge in [-0.15, -0.1) is 0 Å². The van der Waals surface area contributed by atoms with Crippen molar-refractivity contribution in [1.82, 2.24) is 15.1 Å². The number of nitro groups is 1. The molecule has 15 nitrogen and oxygen atoms in total. The van der Waals surface area contributed by atoms with Crippen LogP contribution in [0.3, 0.4) is 0 Å². The summed E-state index contributed by atoms with van der Waals surface area (Å²) in [6, 6.07) is 7.82. The highest BCUT2D eigenvalue weighted by atomic mass is 19.1. The van der Waals surface area contributed by atoms with Crippen molar-refractivity contribution in [2.24, 2.45) is 0 Å². The Hall–Kier alpha value is -5.28. The van der Waals surface area contributed by atoms with Crippen molar-refractivity contribution in [1.29, 1.82) is 0 Å². The molecule has 1 atom stereocenters. The van der Waals surface area contributed by atoms with E-state index in [1.165, 1.54) is 17.0 Å². The number of amides is 5. The van der Waals surface area contributed by atoms with E-state index in [1.54, 1.807) is 42.7 Å². The topological polar surface area (TPSA) is 172 Å². The molecule has 0 unspecified atom stereocenters. The average Bonchev–Trinajstić information content (AvgIpc) is 3.49. The molecule has 2 fully saturated rings. The van der Waals surface area contributed by atoms with E-state index in [0.29, 0.717) is 24.5 Å². The molecule has 46 heavy (non-hydrogen) atoms. The van der Waals surface area contributed by atoms with Gasteiger partial charge < -0.3 is 24.6 Å². The molecule has 5 amide bonds. The molecule has 16 heteroatoms. The van der Waals surface area contributed by atoms with Crippen molar-refractivity contribution in [3.63, 3.8) is 0 Å². The predicted octanol–water partition coefficient (Wildman–Crippen LogP) is 2.92. The highest BCUT2D eigenvalue weighted by molar-refractivity contribution is 6.21. The van der Waals surface area contributed by atoms with E-state index in [9.17, 15) is 34.1 Å². The Morgan fingerprint density at radius 1 is 1.04 bits per heavy atom. The molecule has 0 spiro atoms. The number of carbonyl (C=O) groups excluding carboxylic acids is 5. The van der Waals surface area contributed by atoms with Crippen molar-refractivity contribution < 1.29 is 42.8 Å². The number of non-ortho nitro benzene ring substituents is 1. The van der Waals surface area contributed by atoms with Gasteiger partial charge in [0.05, 0.1) is 40.5 Å². The minimum atomic E-state index is -0.685. The Kier molecular flexibility index (Phi) is 8.81. The standard InChI is InChI=1S/C30H33FN6O9/c1-30(2,3)46-28(41)32-16-20-17-36(29(42)45-20)18-5-7-24(23(31)15-18)33-10-12-34(13-11-33)25(38)8-9-35-26(39)21-6-4-19(37(43)44)14-22(21)27(35)40/h4-7,14-15,20H,8-13,16-17H2,1-3H3,(H,32,41)/t20-/m0/s1. The molecule has 2 saturated heterocycles. The van der Waals surface area contributed by atoms with E-state index in [4.69, 9.17) is 9.47 Å². The van der Waals surface area contributed by atoms with Crippen LogP contribution < -0.4 is 15.1 Å². The maximum atomic E-state index is 15.2. The van der Waals surface area contributed by atoms with Crippen LogP contribution in [0.4, 0.5) is 31.0 Å². The van der Waals surface area contributed by atoms with Crippen molar-refractivity contribution in [2.45, 2.75) is 38.9 Å². The number of rotatable bonds is 8. The number of hydrogen-bond donors (Lipinski definition) is 1. The quantitative estimate of drug-likeness (QED) is 0.257. The number of hydrogen-bond acceptors (Lipinski definition) is 10. The van der Waals surface area contributed by atoms with Gasteiger partial charge in [-0.2, -0.15) is 0 Å². The minimum absolute atomic E-state index is 0.0315. The number of carbonyl (C=O) groups is 5. The molecule has 5 rings (SSSR count). The van der Waals surface area contributed by atoms with E-state index in [0.717, 1.165) is 17.0 Å². The number of piperazine rings is 1. The van der Waals surface area contributed by atoms with Crippen molar-refractivity contribution in [2.75, 3.05) is 55.6 Å². The lowest BCUT2D eigenvalue weighted by Crippen LogP contribution is -2.49. The molecule has 3 aliphatic heterocycles. The predicted molar refractivity (Wildman–Crippen MR) is 160 cm³/mol. The number of nitrogens with zero attached hydrogens (tertiary/aromatic N) is 5. The lowest BCUT2D eigenvalue weighted by atomic mass is 10.1. The van der Waals surface area contributed by atoms with Crippen LogP contribution in [-0.4, -0.2) is 102 Å². The number of ether oxygens (including phenoxy) is 2. The number of nitro benzene ring substituents is 1. The molecule has 0 aromatic heterocycles. The van der Waals surface area contributed by atoms with Gasteiger partial charge in [0.2, 0.25) is 5.91 Å². The summed E-state index contributed by atoms with van der Waals surface area (Å²) in [6.07, 6.45) is -2.08. The number of anilines is 2. The SMILES string of the molecule is CC(C)(C)OC(=O)NC[C@H]1CN(c2ccc(N3CCN(C(=O)CCN4C(=O)c5ccc([N+](=O)[O-])cc5C4=O)CC3)c(F)c2)C(=O)O1. The summed E-state index contributed by atoms with van der Waals surface area (Å²) in [6.45, 7) is 6.35. The fraction of sp³-hybridized carbons (Fsp3) is 0.433. The maximum absolute atomic E-state index is 15.2. The zero-order valence-corrected chi connectivity index (χ0v) is 25.5. The van der Waals surface area contributed by atoms with Crippen LogP contribution in [0.25, 0.3) is 0 Å². The van der Waals surface area contributed by atoms with Crippen molar-refractivity contribution in [3.8, 4) is 0 Å². The summed E-state index contributed by atoms with van der Waals surface area (Å²) in [4.78, 5) is 78.6. The number of nitrogens with one attached hydrogen (secondary N) is 1. The molecule has 244 valence electrons. The van der Waals surface area contributed by atoms with Crippen LogP contribution >= 0.6 is 0 Å². The van der Waals surface area contributed by atoms with E-state index >= 15 is 4.39 Å². The highest BCUT2D eigenvalue weighted by Gasteiger charge is 2.37. The fourth-order valence-electron chi connectivity index (χ4n) is 5.43. The third-order valence-electron chi connectivity index (χ3n) is 7.68. The van der Waals surface area contributed by atoms with Crippen molar-refractivity contribution >= 4 is 47.0 Å². The van der Waals surface area contributed by atoms with Gasteiger partial charge >= 0.3 is 12.2 Å². The van der Waals surface area contributed by atoms with Crippen LogP contribution in [-0.2, 0) is 14.3 Å². The molecule has 0 bridgehead atoms. The second-order valence-corrected chi connectivity index (χ2v) is 12.0. The Balaban J connectivity index is 1.11. The van der Waals surface area contributed by atoms with E-state index in [-0.39, 0.29) is 61.9 Å². The minimum Gasteiger partial charge on any atom is -0.444 e. The Labute approximate surface area is 262 Å². The van der Waals surface area contributed by atoms with Gasteiger partial charge in [0.15, 0.2) is 0 Å². The van der Waals surface area contributed by atoms with Gasteiger partial charge in [-0.05, 0) is 45.0 Å². The lowest BCUT2D eigenvalue weighted by Gasteiger charge is -2.36. The largest absolute Gasteiger partial charge is 0.444 e. The van der Waals surface area contributed by atoms with Gasteiger partial charge in [-0.3, -0.25) is 34.3 Å². The summed E-state index contributed by atoms with van der Waals surface area (Å²) in [5.41, 5.74) is -0.399. The Morgan fingerprint density at radius 2 is 1.74 bits per heavy atom. The number of benzene rings is 2. The Bertz CT molecular complexity index is 1600. The first-order valence-electron chi connectivity index (χ1n) is 14.6. The third-order valence-corrected chi connectivity index (χ3v) is 7.68. The molecule has 0 radical (unpaired) electrons. The molecule has 3 heterocycles. The second kappa shape index (κ2) is 12.6. The zero-order valence-electron chi connectivity index (χ0n) is 25.5. The summed E-state index contributed by atoms with van der Waals surface area (Å²) in [5.74, 6) is -2.15. The lowest BCUT2D eigenvalue weighted by molar-refractivity contribution is -0.384. The summed E-state index contributed by atoms with van der Waals surface area (Å²) >= 11 is 0. The molecule has 1 N–H and O–H groups in total. The maximum Gasteiger partial charge on any atom is 0.414 e. The second-order valence-electron chi connectivity index (χ2n) is 12.0.